The summed E-state index contributed by atoms with van der Waals surface area (Å²) in [7, 11) is -0.931. The van der Waals surface area contributed by atoms with Gasteiger partial charge in [-0.1, -0.05) is 42.6 Å². The van der Waals surface area contributed by atoms with Crippen LogP contribution in [0.3, 0.4) is 0 Å². The Kier molecular flexibility index (Phi) is 1.39. The summed E-state index contributed by atoms with van der Waals surface area (Å²) < 4.78 is 0. The molecule has 9 heavy (non-hydrogen) atoms. The molecule has 0 nitrogen and oxygen atoms in total. The molecule has 1 heteroatoms. The van der Waals surface area contributed by atoms with Crippen molar-refractivity contribution < 1.29 is 0 Å². The molecule has 0 heterocycles. The van der Waals surface area contributed by atoms with Crippen LogP contribution in [0.25, 0.3) is 0 Å². The second kappa shape index (κ2) is 1.84. The van der Waals surface area contributed by atoms with E-state index in [1.54, 1.807) is 5.20 Å². The monoisotopic (exact) mass is 138 g/mol. The van der Waals surface area contributed by atoms with Crippen molar-refractivity contribution in [2.24, 2.45) is 0 Å². The summed E-state index contributed by atoms with van der Waals surface area (Å²) in [5, 5.41) is 1.61. The average Bonchev–Trinajstić information content (AvgIpc) is 1.55. The van der Waals surface area contributed by atoms with Gasteiger partial charge in [-0.25, -0.2) is 0 Å². The van der Waals surface area contributed by atoms with E-state index in [1.165, 1.54) is 5.57 Å². The summed E-state index contributed by atoms with van der Waals surface area (Å²) in [5.41, 5.74) is 1.44. The van der Waals surface area contributed by atoms with E-state index in [1.807, 2.05) is 0 Å². The van der Waals surface area contributed by atoms with E-state index in [-0.39, 0.29) is 0 Å². The second-order valence-electron chi connectivity index (χ2n) is 3.74. The lowest BCUT2D eigenvalue weighted by Gasteiger charge is -2.23. The van der Waals surface area contributed by atoms with Gasteiger partial charge in [-0.2, -0.15) is 0 Å². The zero-order valence-electron chi connectivity index (χ0n) is 6.65. The van der Waals surface area contributed by atoms with Crippen LogP contribution >= 0.6 is 0 Å². The zero-order chi connectivity index (χ0) is 7.07. The topological polar surface area (TPSA) is 0 Å². The van der Waals surface area contributed by atoms with Crippen LogP contribution in [0, 0.1) is 0 Å². The van der Waals surface area contributed by atoms with E-state index in [4.69, 9.17) is 0 Å². The third-order valence-corrected chi connectivity index (χ3v) is 3.65. The molecule has 1 aliphatic carbocycles. The highest BCUT2D eigenvalue weighted by molar-refractivity contribution is 6.84. The van der Waals surface area contributed by atoms with Gasteiger partial charge in [0.05, 0.1) is 8.07 Å². The largest absolute Gasteiger partial charge is 0.0776 e. The van der Waals surface area contributed by atoms with Crippen molar-refractivity contribution in [2.75, 3.05) is 0 Å². The molecular formula is C8H14Si. The summed E-state index contributed by atoms with van der Waals surface area (Å²) in [6.45, 7) is 9.29. The molecular weight excluding hydrogens is 124 g/mol. The number of rotatable bonds is 1. The van der Waals surface area contributed by atoms with Gasteiger partial charge in [-0.3, -0.25) is 0 Å². The van der Waals surface area contributed by atoms with Gasteiger partial charge in [0, 0.05) is 0 Å². The van der Waals surface area contributed by atoms with Gasteiger partial charge in [-0.05, 0) is 6.92 Å². The molecule has 0 saturated heterocycles. The standard InChI is InChI=1S/C8H14Si/c1-7-5-8(6-7)9(2,3)4/h5-6H,1-4H3. The van der Waals surface area contributed by atoms with E-state index in [9.17, 15) is 0 Å². The molecule has 0 amide bonds. The fraction of sp³-hybridized carbons (Fsp3) is 0.500. The third-order valence-electron chi connectivity index (χ3n) is 1.63. The minimum absolute atomic E-state index is 0.931. The first-order valence-electron chi connectivity index (χ1n) is 3.40. The molecule has 0 fully saturated rings. The Labute approximate surface area is 58.3 Å². The molecule has 1 aliphatic rings. The van der Waals surface area contributed by atoms with Crippen molar-refractivity contribution in [3.05, 3.63) is 22.9 Å². The van der Waals surface area contributed by atoms with Crippen LogP contribution in [0.2, 0.25) is 19.6 Å². The van der Waals surface area contributed by atoms with Gasteiger partial charge in [0.1, 0.15) is 0 Å². The Morgan fingerprint density at radius 3 is 1.67 bits per heavy atom. The van der Waals surface area contributed by atoms with Crippen LogP contribution in [0.5, 0.6) is 0 Å². The Hall–Kier alpha value is -0.303. The van der Waals surface area contributed by atoms with Crippen LogP contribution in [0.1, 0.15) is 6.92 Å². The van der Waals surface area contributed by atoms with Gasteiger partial charge >= 0.3 is 0 Å². The molecule has 0 aliphatic heterocycles. The zero-order valence-corrected chi connectivity index (χ0v) is 7.65. The van der Waals surface area contributed by atoms with Crippen molar-refractivity contribution in [1.82, 2.24) is 0 Å². The van der Waals surface area contributed by atoms with Crippen LogP contribution in [0.4, 0.5) is 0 Å². The molecule has 1 rings (SSSR count). The van der Waals surface area contributed by atoms with Gasteiger partial charge in [0.2, 0.25) is 0 Å². The predicted octanol–water partition coefficient (Wildman–Crippen LogP) is 2.75. The van der Waals surface area contributed by atoms with Crippen molar-refractivity contribution in [1.29, 1.82) is 0 Å². The van der Waals surface area contributed by atoms with E-state index < -0.39 is 8.07 Å². The van der Waals surface area contributed by atoms with Crippen molar-refractivity contribution in [3.8, 4) is 0 Å². The van der Waals surface area contributed by atoms with Crippen molar-refractivity contribution >= 4 is 8.07 Å². The van der Waals surface area contributed by atoms with E-state index >= 15 is 0 Å². The van der Waals surface area contributed by atoms with Gasteiger partial charge < -0.3 is 0 Å². The molecule has 0 radical (unpaired) electrons. The van der Waals surface area contributed by atoms with E-state index in [2.05, 4.69) is 38.7 Å². The highest BCUT2D eigenvalue weighted by Gasteiger charge is 2.20. The highest BCUT2D eigenvalue weighted by atomic mass is 28.3. The number of hydrogen-bond acceptors (Lipinski definition) is 0. The first kappa shape index (κ1) is 6.81. The lowest BCUT2D eigenvalue weighted by molar-refractivity contribution is 1.40. The molecule has 0 aromatic carbocycles. The van der Waals surface area contributed by atoms with Crippen molar-refractivity contribution in [3.63, 3.8) is 0 Å². The Morgan fingerprint density at radius 2 is 1.56 bits per heavy atom. The smallest absolute Gasteiger partial charge is 0.0656 e. The van der Waals surface area contributed by atoms with Crippen LogP contribution in [0.15, 0.2) is 22.9 Å². The third kappa shape index (κ3) is 1.33. The quantitative estimate of drug-likeness (QED) is 0.489. The molecule has 0 aromatic rings. The normalized spacial score (nSPS) is 18.2. The first-order valence-corrected chi connectivity index (χ1v) is 6.90. The maximum atomic E-state index is 2.38. The predicted molar refractivity (Wildman–Crippen MR) is 45.2 cm³/mol. The molecule has 50 valence electrons. The summed E-state index contributed by atoms with van der Waals surface area (Å²) in [6.07, 6.45) is 4.62. The first-order chi connectivity index (χ1) is 4.00. The van der Waals surface area contributed by atoms with Crippen LogP contribution in [-0.4, -0.2) is 8.07 Å². The van der Waals surface area contributed by atoms with Gasteiger partial charge in [0.25, 0.3) is 0 Å². The lowest BCUT2D eigenvalue weighted by atomic mass is 10.1. The summed E-state index contributed by atoms with van der Waals surface area (Å²) in [5.74, 6) is 0. The Balaban J connectivity index is 2.61. The SMILES string of the molecule is CC1=CC([Si](C)(C)C)=C1. The maximum absolute atomic E-state index is 2.38. The number of allylic oxidation sites excluding steroid dienone is 4. The highest BCUT2D eigenvalue weighted by Crippen LogP contribution is 2.25. The lowest BCUT2D eigenvalue weighted by Crippen LogP contribution is -2.25. The summed E-state index contributed by atoms with van der Waals surface area (Å²) >= 11 is 0. The minimum Gasteiger partial charge on any atom is -0.0656 e. The van der Waals surface area contributed by atoms with Crippen LogP contribution < -0.4 is 0 Å². The van der Waals surface area contributed by atoms with E-state index in [0.717, 1.165) is 0 Å². The Bertz CT molecular complexity index is 179. The summed E-state index contributed by atoms with van der Waals surface area (Å²) in [4.78, 5) is 0. The minimum atomic E-state index is -0.931. The molecule has 0 saturated carbocycles. The van der Waals surface area contributed by atoms with Gasteiger partial charge in [-0.15, -0.1) is 0 Å². The molecule has 0 spiro atoms. The molecule has 0 unspecified atom stereocenters. The van der Waals surface area contributed by atoms with Crippen molar-refractivity contribution in [2.45, 2.75) is 26.6 Å². The fourth-order valence-corrected chi connectivity index (χ4v) is 2.23. The fourth-order valence-electron chi connectivity index (χ4n) is 0.911. The van der Waals surface area contributed by atoms with Gasteiger partial charge in [0.15, 0.2) is 0 Å². The molecule has 0 atom stereocenters. The average molecular weight is 138 g/mol. The summed E-state index contributed by atoms with van der Waals surface area (Å²) in [6, 6.07) is 0. The molecule has 0 aromatic heterocycles. The van der Waals surface area contributed by atoms with Crippen LogP contribution in [-0.2, 0) is 0 Å². The Morgan fingerprint density at radius 1 is 1.11 bits per heavy atom. The maximum Gasteiger partial charge on any atom is 0.0776 e. The molecule has 0 N–H and O–H groups in total. The second-order valence-corrected chi connectivity index (χ2v) is 8.82. The molecule has 0 bridgehead atoms. The van der Waals surface area contributed by atoms with E-state index in [0.29, 0.717) is 0 Å². The number of hydrogen-bond donors (Lipinski definition) is 0.